The molecular weight excluding hydrogens is 296 g/mol. The van der Waals surface area contributed by atoms with E-state index in [9.17, 15) is 19.8 Å². The zero-order valence-electron chi connectivity index (χ0n) is 12.3. The van der Waals surface area contributed by atoms with Gasteiger partial charge in [-0.1, -0.05) is 6.07 Å². The summed E-state index contributed by atoms with van der Waals surface area (Å²) in [5, 5.41) is 21.6. The summed E-state index contributed by atoms with van der Waals surface area (Å²) in [5.74, 6) is -2.22. The van der Waals surface area contributed by atoms with E-state index in [1.54, 1.807) is 30.5 Å². The number of hydrogen-bond acceptors (Lipinski definition) is 4. The molecule has 3 rings (SSSR count). The lowest BCUT2D eigenvalue weighted by Crippen LogP contribution is -2.34. The van der Waals surface area contributed by atoms with Crippen LogP contribution in [0.2, 0.25) is 0 Å². The lowest BCUT2D eigenvalue weighted by molar-refractivity contribution is -0.139. The number of carboxylic acid groups (broad SMARTS) is 2. The lowest BCUT2D eigenvalue weighted by Gasteiger charge is -2.17. The van der Waals surface area contributed by atoms with E-state index in [4.69, 9.17) is 0 Å². The van der Waals surface area contributed by atoms with Crippen molar-refractivity contribution in [1.29, 1.82) is 0 Å². The van der Waals surface area contributed by atoms with Crippen LogP contribution in [0.5, 0.6) is 0 Å². The van der Waals surface area contributed by atoms with E-state index >= 15 is 0 Å². The molecule has 0 bridgehead atoms. The lowest BCUT2D eigenvalue weighted by atomic mass is 9.89. The molecule has 1 fully saturated rings. The predicted octanol–water partition coefficient (Wildman–Crippen LogP) is 1.98. The van der Waals surface area contributed by atoms with Gasteiger partial charge in [-0.15, -0.1) is 0 Å². The Morgan fingerprint density at radius 2 is 2.00 bits per heavy atom. The van der Waals surface area contributed by atoms with Crippen LogP contribution in [0.3, 0.4) is 0 Å². The number of aliphatic carboxylic acids is 1. The molecule has 0 aliphatic carbocycles. The maximum Gasteiger partial charge on any atom is 0.335 e. The van der Waals surface area contributed by atoms with E-state index in [2.05, 4.69) is 10.3 Å². The molecule has 0 radical (unpaired) electrons. The van der Waals surface area contributed by atoms with E-state index in [0.29, 0.717) is 29.8 Å². The molecule has 0 amide bonds. The summed E-state index contributed by atoms with van der Waals surface area (Å²) in [5.41, 5.74) is 2.19. The summed E-state index contributed by atoms with van der Waals surface area (Å²) in [7, 11) is 0. The van der Waals surface area contributed by atoms with Crippen molar-refractivity contribution in [2.24, 2.45) is 0 Å². The highest BCUT2D eigenvalue weighted by Crippen LogP contribution is 2.32. The molecule has 0 spiro atoms. The van der Waals surface area contributed by atoms with E-state index < -0.39 is 18.0 Å². The summed E-state index contributed by atoms with van der Waals surface area (Å²) in [6.45, 7) is 0.595. The van der Waals surface area contributed by atoms with Gasteiger partial charge in [0.25, 0.3) is 0 Å². The molecule has 3 N–H and O–H groups in total. The largest absolute Gasteiger partial charge is 0.480 e. The molecule has 6 nitrogen and oxygen atoms in total. The van der Waals surface area contributed by atoms with Gasteiger partial charge in [0.15, 0.2) is 0 Å². The number of aromatic nitrogens is 1. The third-order valence-electron chi connectivity index (χ3n) is 4.08. The average molecular weight is 312 g/mol. The summed E-state index contributed by atoms with van der Waals surface area (Å²) in [4.78, 5) is 27.0. The van der Waals surface area contributed by atoms with Gasteiger partial charge in [0, 0.05) is 17.7 Å². The molecule has 2 atom stereocenters. The zero-order chi connectivity index (χ0) is 16.4. The fraction of sp³-hybridized carbons (Fsp3) is 0.235. The molecule has 2 heterocycles. The second-order valence-electron chi connectivity index (χ2n) is 5.53. The van der Waals surface area contributed by atoms with Crippen LogP contribution in [-0.4, -0.2) is 39.7 Å². The Bertz CT molecular complexity index is 746. The Morgan fingerprint density at radius 3 is 2.65 bits per heavy atom. The van der Waals surface area contributed by atoms with Crippen molar-refractivity contribution in [3.63, 3.8) is 0 Å². The van der Waals surface area contributed by atoms with Gasteiger partial charge < -0.3 is 15.5 Å². The van der Waals surface area contributed by atoms with Gasteiger partial charge >= 0.3 is 11.9 Å². The maximum atomic E-state index is 11.4. The second-order valence-corrected chi connectivity index (χ2v) is 5.53. The third-order valence-corrected chi connectivity index (χ3v) is 4.08. The number of pyridine rings is 1. The minimum absolute atomic E-state index is 0.138. The number of nitrogens with zero attached hydrogens (tertiary/aromatic N) is 1. The van der Waals surface area contributed by atoms with Crippen molar-refractivity contribution in [3.05, 3.63) is 53.7 Å². The molecule has 1 aromatic heterocycles. The average Bonchev–Trinajstić information content (AvgIpc) is 3.05. The minimum atomic E-state index is -1.04. The first kappa shape index (κ1) is 15.2. The number of carbonyl (C=O) groups is 2. The molecule has 1 saturated heterocycles. The number of rotatable bonds is 4. The fourth-order valence-electron chi connectivity index (χ4n) is 2.99. The van der Waals surface area contributed by atoms with Crippen molar-refractivity contribution in [2.45, 2.75) is 18.4 Å². The molecule has 0 saturated carbocycles. The van der Waals surface area contributed by atoms with Crippen molar-refractivity contribution >= 4 is 11.9 Å². The molecule has 1 aliphatic heterocycles. The summed E-state index contributed by atoms with van der Waals surface area (Å²) < 4.78 is 0. The monoisotopic (exact) mass is 312 g/mol. The van der Waals surface area contributed by atoms with Crippen LogP contribution in [0.4, 0.5) is 0 Å². The molecule has 1 unspecified atom stereocenters. The Labute approximate surface area is 132 Å². The first-order chi connectivity index (χ1) is 11.1. The Morgan fingerprint density at radius 1 is 1.17 bits per heavy atom. The van der Waals surface area contributed by atoms with E-state index in [1.807, 2.05) is 12.1 Å². The molecule has 1 aliphatic rings. The number of carboxylic acids is 2. The van der Waals surface area contributed by atoms with Crippen molar-refractivity contribution in [1.82, 2.24) is 10.3 Å². The van der Waals surface area contributed by atoms with Crippen LogP contribution in [0.15, 0.2) is 42.6 Å². The Balaban J connectivity index is 2.08. The van der Waals surface area contributed by atoms with Crippen LogP contribution >= 0.6 is 0 Å². The molecule has 118 valence electrons. The maximum absolute atomic E-state index is 11.4. The summed E-state index contributed by atoms with van der Waals surface area (Å²) in [6, 6.07) is 9.67. The third kappa shape index (κ3) is 3.07. The molecule has 2 aromatic rings. The highest BCUT2D eigenvalue weighted by molar-refractivity contribution is 5.90. The van der Waals surface area contributed by atoms with Crippen LogP contribution in [0, 0.1) is 0 Å². The standard InChI is InChI=1S/C17H16N2O4/c20-16(21)12-8-10(13-4-6-19-15(13)17(22)23)7-11(9-12)14-3-1-2-5-18-14/h1-3,5,7-9,13,15,19H,4,6H2,(H,20,21)(H,22,23)/t13?,15-/m0/s1. The van der Waals surface area contributed by atoms with Crippen LogP contribution < -0.4 is 5.32 Å². The highest BCUT2D eigenvalue weighted by Gasteiger charge is 2.34. The van der Waals surface area contributed by atoms with Crippen molar-refractivity contribution < 1.29 is 19.8 Å². The summed E-state index contributed by atoms with van der Waals surface area (Å²) in [6.07, 6.45) is 2.29. The quantitative estimate of drug-likeness (QED) is 0.798. The number of hydrogen-bond donors (Lipinski definition) is 3. The Hall–Kier alpha value is -2.73. The molecule has 1 aromatic carbocycles. The minimum Gasteiger partial charge on any atom is -0.480 e. The number of nitrogens with one attached hydrogen (secondary N) is 1. The first-order valence-electron chi connectivity index (χ1n) is 7.32. The van der Waals surface area contributed by atoms with Crippen LogP contribution in [0.1, 0.15) is 28.3 Å². The van der Waals surface area contributed by atoms with E-state index in [1.165, 1.54) is 0 Å². The Kier molecular flexibility index (Phi) is 4.08. The normalized spacial score (nSPS) is 20.3. The zero-order valence-corrected chi connectivity index (χ0v) is 12.3. The smallest absolute Gasteiger partial charge is 0.335 e. The van der Waals surface area contributed by atoms with Gasteiger partial charge in [-0.2, -0.15) is 0 Å². The first-order valence-corrected chi connectivity index (χ1v) is 7.32. The van der Waals surface area contributed by atoms with Crippen molar-refractivity contribution in [2.75, 3.05) is 6.54 Å². The topological polar surface area (TPSA) is 99.5 Å². The second kappa shape index (κ2) is 6.18. The SMILES string of the molecule is O=C(O)c1cc(-c2ccccn2)cc(C2CCN[C@@H]2C(=O)O)c1. The van der Waals surface area contributed by atoms with E-state index in [0.717, 1.165) is 0 Å². The van der Waals surface area contributed by atoms with Gasteiger partial charge in [-0.25, -0.2) is 4.79 Å². The fourth-order valence-corrected chi connectivity index (χ4v) is 2.99. The predicted molar refractivity (Wildman–Crippen MR) is 83.4 cm³/mol. The van der Waals surface area contributed by atoms with Gasteiger partial charge in [0.1, 0.15) is 6.04 Å². The van der Waals surface area contributed by atoms with Crippen LogP contribution in [-0.2, 0) is 4.79 Å². The number of benzene rings is 1. The van der Waals surface area contributed by atoms with Gasteiger partial charge in [0.05, 0.1) is 11.3 Å². The summed E-state index contributed by atoms with van der Waals surface area (Å²) >= 11 is 0. The highest BCUT2D eigenvalue weighted by atomic mass is 16.4. The molecule has 6 heteroatoms. The molecule has 23 heavy (non-hydrogen) atoms. The van der Waals surface area contributed by atoms with Crippen molar-refractivity contribution in [3.8, 4) is 11.3 Å². The van der Waals surface area contributed by atoms with Gasteiger partial charge in [-0.3, -0.25) is 9.78 Å². The molecular formula is C17H16N2O4. The van der Waals surface area contributed by atoms with E-state index in [-0.39, 0.29) is 11.5 Å². The number of aromatic carboxylic acids is 1. The van der Waals surface area contributed by atoms with Gasteiger partial charge in [0.2, 0.25) is 0 Å². The van der Waals surface area contributed by atoms with Gasteiger partial charge in [-0.05, 0) is 48.9 Å². The van der Waals surface area contributed by atoms with Crippen LogP contribution in [0.25, 0.3) is 11.3 Å².